The van der Waals surface area contributed by atoms with E-state index in [1.807, 2.05) is 5.51 Å². The van der Waals surface area contributed by atoms with Gasteiger partial charge in [0.2, 0.25) is 0 Å². The molecule has 0 radical (unpaired) electrons. The van der Waals surface area contributed by atoms with Gasteiger partial charge in [-0.3, -0.25) is 0 Å². The summed E-state index contributed by atoms with van der Waals surface area (Å²) in [5.41, 5.74) is 4.49. The zero-order valence-electron chi connectivity index (χ0n) is 8.63. The van der Waals surface area contributed by atoms with Gasteiger partial charge < -0.3 is 0 Å². The normalized spacial score (nSPS) is 10.8. The van der Waals surface area contributed by atoms with Gasteiger partial charge in [0.05, 0.1) is 11.2 Å². The van der Waals surface area contributed by atoms with Crippen LogP contribution in [0.3, 0.4) is 0 Å². The van der Waals surface area contributed by atoms with Crippen molar-refractivity contribution in [1.82, 2.24) is 4.98 Å². The van der Waals surface area contributed by atoms with Crippen LogP contribution in [0.5, 0.6) is 0 Å². The lowest BCUT2D eigenvalue weighted by atomic mass is 9.99. The largest absolute Gasteiger partial charge is 0.249 e. The Balaban J connectivity index is 2.44. The van der Waals surface area contributed by atoms with Crippen LogP contribution in [0.25, 0.3) is 0 Å². The van der Waals surface area contributed by atoms with Crippen LogP contribution in [0.15, 0.2) is 17.7 Å². The second-order valence-corrected chi connectivity index (χ2v) is 4.73. The maximum atomic E-state index is 4.32. The summed E-state index contributed by atoms with van der Waals surface area (Å²) in [6.07, 6.45) is 2.12. The summed E-state index contributed by atoms with van der Waals surface area (Å²) >= 11 is 1.72. The number of hydrogen-bond donors (Lipinski definition) is 0. The molecule has 0 unspecified atom stereocenters. The summed E-state index contributed by atoms with van der Waals surface area (Å²) in [4.78, 5) is 5.67. The number of nitrogens with zero attached hydrogens (tertiary/aromatic N) is 1. The predicted molar refractivity (Wildman–Crippen MR) is 59.2 cm³/mol. The minimum Gasteiger partial charge on any atom is -0.249 e. The lowest BCUT2D eigenvalue weighted by Crippen LogP contribution is -1.96. The second-order valence-electron chi connectivity index (χ2n) is 3.67. The molecule has 0 aliphatic heterocycles. The van der Waals surface area contributed by atoms with Gasteiger partial charge in [0.1, 0.15) is 0 Å². The molecular formula is C11H17NS. The molecule has 0 spiro atoms. The van der Waals surface area contributed by atoms with Gasteiger partial charge >= 0.3 is 0 Å². The van der Waals surface area contributed by atoms with Gasteiger partial charge in [0.25, 0.3) is 0 Å². The molecule has 1 aromatic rings. The molecule has 0 bridgehead atoms. The molecule has 1 aromatic heterocycles. The lowest BCUT2D eigenvalue weighted by Gasteiger charge is -2.07. The fourth-order valence-electron chi connectivity index (χ4n) is 1.14. The van der Waals surface area contributed by atoms with Crippen molar-refractivity contribution in [3.8, 4) is 0 Å². The van der Waals surface area contributed by atoms with Crippen LogP contribution in [0.1, 0.15) is 30.8 Å². The third-order valence-corrected chi connectivity index (χ3v) is 3.14. The van der Waals surface area contributed by atoms with Gasteiger partial charge in [-0.15, -0.1) is 11.3 Å². The molecule has 2 heteroatoms. The maximum Gasteiger partial charge on any atom is 0.0797 e. The van der Waals surface area contributed by atoms with E-state index in [2.05, 4.69) is 32.3 Å². The average Bonchev–Trinajstić information content (AvgIpc) is 2.47. The van der Waals surface area contributed by atoms with Crippen molar-refractivity contribution in [3.63, 3.8) is 0 Å². The predicted octanol–water partition coefficient (Wildman–Crippen LogP) is 3.60. The van der Waals surface area contributed by atoms with E-state index in [4.69, 9.17) is 0 Å². The highest BCUT2D eigenvalue weighted by atomic mass is 32.1. The Morgan fingerprint density at radius 3 is 2.77 bits per heavy atom. The van der Waals surface area contributed by atoms with Crippen LogP contribution in [-0.2, 0) is 6.42 Å². The van der Waals surface area contributed by atoms with E-state index >= 15 is 0 Å². The number of rotatable bonds is 4. The van der Waals surface area contributed by atoms with Crippen molar-refractivity contribution in [2.24, 2.45) is 5.92 Å². The minimum absolute atomic E-state index is 0.596. The van der Waals surface area contributed by atoms with Crippen LogP contribution in [0.2, 0.25) is 0 Å². The molecule has 1 rings (SSSR count). The standard InChI is InChI=1S/C11H17NS/c1-8(2)9(3)5-6-11-10(4)13-7-12-11/h7-8H,3,5-6H2,1-2,4H3. The Bertz CT molecular complexity index is 286. The van der Waals surface area contributed by atoms with Crippen LogP contribution in [0.4, 0.5) is 0 Å². The first kappa shape index (κ1) is 10.5. The highest BCUT2D eigenvalue weighted by molar-refractivity contribution is 7.09. The summed E-state index contributed by atoms with van der Waals surface area (Å²) in [6.45, 7) is 10.6. The molecule has 1 heterocycles. The van der Waals surface area contributed by atoms with Gasteiger partial charge in [-0.05, 0) is 25.7 Å². The molecule has 0 atom stereocenters. The number of allylic oxidation sites excluding steroid dienone is 1. The zero-order chi connectivity index (χ0) is 9.84. The Morgan fingerprint density at radius 1 is 1.62 bits per heavy atom. The Morgan fingerprint density at radius 2 is 2.31 bits per heavy atom. The molecule has 0 aliphatic rings. The van der Waals surface area contributed by atoms with Gasteiger partial charge in [0.15, 0.2) is 0 Å². The first-order valence-electron chi connectivity index (χ1n) is 4.68. The molecule has 0 N–H and O–H groups in total. The third kappa shape index (κ3) is 2.96. The highest BCUT2D eigenvalue weighted by Gasteiger charge is 2.04. The van der Waals surface area contributed by atoms with Crippen LogP contribution in [-0.4, -0.2) is 4.98 Å². The fourth-order valence-corrected chi connectivity index (χ4v) is 1.77. The van der Waals surface area contributed by atoms with Crippen LogP contribution in [0, 0.1) is 12.8 Å². The van der Waals surface area contributed by atoms with E-state index in [1.54, 1.807) is 11.3 Å². The van der Waals surface area contributed by atoms with E-state index in [-0.39, 0.29) is 0 Å². The number of aryl methyl sites for hydroxylation is 2. The molecule has 0 amide bonds. The quantitative estimate of drug-likeness (QED) is 0.669. The number of thiazole rings is 1. The van der Waals surface area contributed by atoms with E-state index in [9.17, 15) is 0 Å². The van der Waals surface area contributed by atoms with E-state index < -0.39 is 0 Å². The summed E-state index contributed by atoms with van der Waals surface area (Å²) in [5.74, 6) is 0.596. The smallest absolute Gasteiger partial charge is 0.0797 e. The van der Waals surface area contributed by atoms with Crippen LogP contribution < -0.4 is 0 Å². The lowest BCUT2D eigenvalue weighted by molar-refractivity contribution is 0.709. The first-order chi connectivity index (χ1) is 6.11. The summed E-state index contributed by atoms with van der Waals surface area (Å²) in [6, 6.07) is 0. The molecule has 72 valence electrons. The van der Waals surface area contributed by atoms with Crippen LogP contribution >= 0.6 is 11.3 Å². The average molecular weight is 195 g/mol. The minimum atomic E-state index is 0.596. The highest BCUT2D eigenvalue weighted by Crippen LogP contribution is 2.18. The van der Waals surface area contributed by atoms with E-state index in [0.717, 1.165) is 12.8 Å². The first-order valence-corrected chi connectivity index (χ1v) is 5.56. The summed E-state index contributed by atoms with van der Waals surface area (Å²) < 4.78 is 0. The molecule has 0 aromatic carbocycles. The summed E-state index contributed by atoms with van der Waals surface area (Å²) in [7, 11) is 0. The SMILES string of the molecule is C=C(CCc1ncsc1C)C(C)C. The molecule has 1 nitrogen and oxygen atoms in total. The van der Waals surface area contributed by atoms with Crippen molar-refractivity contribution in [2.45, 2.75) is 33.6 Å². The van der Waals surface area contributed by atoms with E-state index in [1.165, 1.54) is 16.1 Å². The topological polar surface area (TPSA) is 12.9 Å². The zero-order valence-corrected chi connectivity index (χ0v) is 9.45. The second kappa shape index (κ2) is 4.56. The molecule has 0 saturated carbocycles. The molecule has 0 fully saturated rings. The van der Waals surface area contributed by atoms with Crippen molar-refractivity contribution in [3.05, 3.63) is 28.2 Å². The number of aromatic nitrogens is 1. The molecule has 13 heavy (non-hydrogen) atoms. The Kier molecular flexibility index (Phi) is 3.67. The van der Waals surface area contributed by atoms with Crippen molar-refractivity contribution in [2.75, 3.05) is 0 Å². The van der Waals surface area contributed by atoms with Crippen molar-refractivity contribution >= 4 is 11.3 Å². The molecule has 0 aliphatic carbocycles. The Hall–Kier alpha value is -0.630. The van der Waals surface area contributed by atoms with Crippen molar-refractivity contribution < 1.29 is 0 Å². The Labute approximate surface area is 84.5 Å². The molecular weight excluding hydrogens is 178 g/mol. The van der Waals surface area contributed by atoms with Gasteiger partial charge in [-0.25, -0.2) is 4.98 Å². The van der Waals surface area contributed by atoms with Crippen molar-refractivity contribution in [1.29, 1.82) is 0 Å². The van der Waals surface area contributed by atoms with Gasteiger partial charge in [-0.1, -0.05) is 26.0 Å². The van der Waals surface area contributed by atoms with Gasteiger partial charge in [0, 0.05) is 4.88 Å². The number of hydrogen-bond acceptors (Lipinski definition) is 2. The molecule has 0 saturated heterocycles. The fraction of sp³-hybridized carbons (Fsp3) is 0.545. The monoisotopic (exact) mass is 195 g/mol. The van der Waals surface area contributed by atoms with E-state index in [0.29, 0.717) is 5.92 Å². The summed E-state index contributed by atoms with van der Waals surface area (Å²) in [5, 5.41) is 0. The van der Waals surface area contributed by atoms with Gasteiger partial charge in [-0.2, -0.15) is 0 Å². The third-order valence-electron chi connectivity index (χ3n) is 2.34. The maximum absolute atomic E-state index is 4.32.